The van der Waals surface area contributed by atoms with Gasteiger partial charge in [0.25, 0.3) is 0 Å². The second-order valence-corrected chi connectivity index (χ2v) is 3.88. The molecular formula is C7H12Cl2O3. The molecule has 0 bridgehead atoms. The Labute approximate surface area is 81.6 Å². The minimum absolute atomic E-state index is 0.0130. The summed E-state index contributed by atoms with van der Waals surface area (Å²) in [6.07, 6.45) is 0.614. The zero-order valence-corrected chi connectivity index (χ0v) is 8.31. The number of hydrogen-bond acceptors (Lipinski definition) is 2. The summed E-state index contributed by atoms with van der Waals surface area (Å²) in [7, 11) is 0. The van der Waals surface area contributed by atoms with Crippen molar-refractivity contribution in [2.75, 3.05) is 13.2 Å². The number of alkyl halides is 2. The molecular weight excluding hydrogens is 203 g/mol. The topological polar surface area (TPSA) is 46.5 Å². The van der Waals surface area contributed by atoms with Gasteiger partial charge in [-0.15, -0.1) is 23.2 Å². The smallest absolute Gasteiger partial charge is 0.329 e. The van der Waals surface area contributed by atoms with E-state index in [2.05, 4.69) is 0 Å². The van der Waals surface area contributed by atoms with Crippen LogP contribution in [-0.4, -0.2) is 35.0 Å². The van der Waals surface area contributed by atoms with E-state index in [-0.39, 0.29) is 24.0 Å². The Morgan fingerprint density at radius 3 is 2.58 bits per heavy atom. The molecule has 0 aliphatic carbocycles. The van der Waals surface area contributed by atoms with Crippen molar-refractivity contribution in [3.8, 4) is 0 Å². The summed E-state index contributed by atoms with van der Waals surface area (Å²) in [4.78, 5) is 10.0. The van der Waals surface area contributed by atoms with E-state index in [1.165, 1.54) is 0 Å². The summed E-state index contributed by atoms with van der Waals surface area (Å²) in [5.74, 6) is -0.988. The Morgan fingerprint density at radius 1 is 1.58 bits per heavy atom. The fourth-order valence-corrected chi connectivity index (χ4v) is 1.36. The van der Waals surface area contributed by atoms with Gasteiger partial charge in [0.15, 0.2) is 0 Å². The van der Waals surface area contributed by atoms with Crippen LogP contribution in [0.2, 0.25) is 0 Å². The van der Waals surface area contributed by atoms with E-state index in [9.17, 15) is 4.79 Å². The van der Waals surface area contributed by atoms with Crippen LogP contribution in [0.15, 0.2) is 0 Å². The maximum atomic E-state index is 10.0. The fourth-order valence-electron chi connectivity index (χ4n) is 0.695. The normalized spacial score (nSPS) is 15.6. The Kier molecular flexibility index (Phi) is 6.52. The van der Waals surface area contributed by atoms with Gasteiger partial charge in [-0.25, -0.2) is 4.79 Å². The molecule has 3 nitrogen and oxygen atoms in total. The summed E-state index contributed by atoms with van der Waals surface area (Å²) in [6.45, 7) is 1.75. The Bertz CT molecular complexity index is 139. The van der Waals surface area contributed by atoms with Crippen LogP contribution in [0, 0.1) is 0 Å². The van der Waals surface area contributed by atoms with E-state index in [0.717, 1.165) is 0 Å². The van der Waals surface area contributed by atoms with Gasteiger partial charge in [0.1, 0.15) is 6.61 Å². The largest absolute Gasteiger partial charge is 0.480 e. The van der Waals surface area contributed by atoms with Gasteiger partial charge >= 0.3 is 5.97 Å². The van der Waals surface area contributed by atoms with Crippen molar-refractivity contribution in [2.45, 2.75) is 24.1 Å². The highest BCUT2D eigenvalue weighted by molar-refractivity contribution is 6.23. The third kappa shape index (κ3) is 8.11. The Morgan fingerprint density at radius 2 is 2.17 bits per heavy atom. The number of carboxylic acid groups (broad SMARTS) is 1. The Balaban J connectivity index is 3.31. The van der Waals surface area contributed by atoms with Crippen molar-refractivity contribution in [3.05, 3.63) is 0 Å². The summed E-state index contributed by atoms with van der Waals surface area (Å²) in [6, 6.07) is 0. The lowest BCUT2D eigenvalue weighted by Gasteiger charge is -2.09. The molecule has 0 heterocycles. The summed E-state index contributed by atoms with van der Waals surface area (Å²) in [5, 5.41) is 7.99. The van der Waals surface area contributed by atoms with Gasteiger partial charge in [-0.1, -0.05) is 0 Å². The molecule has 0 radical (unpaired) electrons. The van der Waals surface area contributed by atoms with Crippen LogP contribution >= 0.6 is 23.2 Å². The van der Waals surface area contributed by atoms with Gasteiger partial charge in [0.05, 0.1) is 12.0 Å². The molecule has 0 aromatic rings. The SMILES string of the molecule is CC(Cl)CC(Cl)COCC(=O)O. The lowest BCUT2D eigenvalue weighted by Crippen LogP contribution is -2.16. The number of ether oxygens (including phenoxy) is 1. The molecule has 0 fully saturated rings. The molecule has 0 spiro atoms. The van der Waals surface area contributed by atoms with E-state index in [1.54, 1.807) is 0 Å². The predicted molar refractivity (Wildman–Crippen MR) is 48.0 cm³/mol. The van der Waals surface area contributed by atoms with Crippen molar-refractivity contribution in [1.82, 2.24) is 0 Å². The number of carboxylic acids is 1. The summed E-state index contributed by atoms with van der Waals surface area (Å²) >= 11 is 11.4. The van der Waals surface area contributed by atoms with Crippen LogP contribution in [0.1, 0.15) is 13.3 Å². The number of hydrogen-bond donors (Lipinski definition) is 1. The molecule has 1 N–H and O–H groups in total. The first-order chi connectivity index (χ1) is 5.52. The monoisotopic (exact) mass is 214 g/mol. The van der Waals surface area contributed by atoms with Gasteiger partial charge in [0, 0.05) is 5.38 Å². The van der Waals surface area contributed by atoms with E-state index in [1.807, 2.05) is 6.92 Å². The van der Waals surface area contributed by atoms with Gasteiger partial charge in [0.2, 0.25) is 0 Å². The fraction of sp³-hybridized carbons (Fsp3) is 0.857. The third-order valence-electron chi connectivity index (χ3n) is 1.10. The second-order valence-electron chi connectivity index (χ2n) is 2.52. The molecule has 2 unspecified atom stereocenters. The van der Waals surface area contributed by atoms with Gasteiger partial charge in [-0.05, 0) is 13.3 Å². The highest BCUT2D eigenvalue weighted by Gasteiger charge is 2.09. The highest BCUT2D eigenvalue weighted by Crippen LogP contribution is 2.10. The second kappa shape index (κ2) is 6.52. The van der Waals surface area contributed by atoms with Crippen molar-refractivity contribution < 1.29 is 14.6 Å². The van der Waals surface area contributed by atoms with Crippen LogP contribution < -0.4 is 0 Å². The molecule has 0 rings (SSSR count). The van der Waals surface area contributed by atoms with Crippen molar-refractivity contribution in [3.63, 3.8) is 0 Å². The minimum Gasteiger partial charge on any atom is -0.480 e. The molecule has 0 saturated carbocycles. The molecule has 5 heteroatoms. The molecule has 0 saturated heterocycles. The molecule has 2 atom stereocenters. The van der Waals surface area contributed by atoms with Gasteiger partial charge < -0.3 is 9.84 Å². The quantitative estimate of drug-likeness (QED) is 0.686. The maximum absolute atomic E-state index is 10.0. The zero-order valence-electron chi connectivity index (χ0n) is 6.80. The lowest BCUT2D eigenvalue weighted by molar-refractivity contribution is -0.142. The third-order valence-corrected chi connectivity index (χ3v) is 1.59. The molecule has 0 aromatic heterocycles. The standard InChI is InChI=1S/C7H12Cl2O3/c1-5(8)2-6(9)3-12-4-7(10)11/h5-6H,2-4H2,1H3,(H,10,11). The number of halogens is 2. The van der Waals surface area contributed by atoms with Crippen LogP contribution in [0.25, 0.3) is 0 Å². The molecule has 12 heavy (non-hydrogen) atoms. The summed E-state index contributed by atoms with van der Waals surface area (Å²) < 4.78 is 4.77. The molecule has 0 aromatic carbocycles. The van der Waals surface area contributed by atoms with Crippen molar-refractivity contribution in [1.29, 1.82) is 0 Å². The first kappa shape index (κ1) is 12.0. The average Bonchev–Trinajstić information content (AvgIpc) is 1.84. The van der Waals surface area contributed by atoms with Crippen LogP contribution in [0.3, 0.4) is 0 Å². The first-order valence-corrected chi connectivity index (χ1v) is 4.47. The first-order valence-electron chi connectivity index (χ1n) is 3.60. The van der Waals surface area contributed by atoms with Gasteiger partial charge in [-0.2, -0.15) is 0 Å². The molecule has 0 amide bonds. The number of carbonyl (C=O) groups is 1. The predicted octanol–water partition coefficient (Wildman–Crippen LogP) is 1.71. The van der Waals surface area contributed by atoms with Gasteiger partial charge in [-0.3, -0.25) is 0 Å². The van der Waals surface area contributed by atoms with E-state index in [4.69, 9.17) is 33.0 Å². The van der Waals surface area contributed by atoms with Crippen molar-refractivity contribution in [2.24, 2.45) is 0 Å². The highest BCUT2D eigenvalue weighted by atomic mass is 35.5. The van der Waals surface area contributed by atoms with Crippen LogP contribution in [-0.2, 0) is 9.53 Å². The number of rotatable bonds is 6. The average molecular weight is 215 g/mol. The van der Waals surface area contributed by atoms with Crippen molar-refractivity contribution >= 4 is 29.2 Å². The summed E-state index contributed by atoms with van der Waals surface area (Å²) in [5.41, 5.74) is 0. The maximum Gasteiger partial charge on any atom is 0.329 e. The molecule has 0 aliphatic rings. The van der Waals surface area contributed by atoms with E-state index < -0.39 is 5.97 Å². The molecule has 72 valence electrons. The number of aliphatic carboxylic acids is 1. The van der Waals surface area contributed by atoms with Crippen LogP contribution in [0.4, 0.5) is 0 Å². The lowest BCUT2D eigenvalue weighted by atomic mass is 10.2. The van der Waals surface area contributed by atoms with Crippen LogP contribution in [0.5, 0.6) is 0 Å². The minimum atomic E-state index is -0.988. The van der Waals surface area contributed by atoms with E-state index in [0.29, 0.717) is 6.42 Å². The zero-order chi connectivity index (χ0) is 9.56. The van der Waals surface area contributed by atoms with E-state index >= 15 is 0 Å². The molecule has 0 aliphatic heterocycles. The Hall–Kier alpha value is 0.01000.